The number of para-hydroxylation sites is 1. The first-order valence-corrected chi connectivity index (χ1v) is 19.2. The van der Waals surface area contributed by atoms with Crippen LogP contribution in [0.1, 0.15) is 25.0 Å². The molecular formula is C53H35NO. The molecule has 1 aliphatic rings. The summed E-state index contributed by atoms with van der Waals surface area (Å²) in [5.41, 5.74) is 15.4. The van der Waals surface area contributed by atoms with Crippen LogP contribution >= 0.6 is 0 Å². The Labute approximate surface area is 318 Å². The molecule has 0 saturated heterocycles. The summed E-state index contributed by atoms with van der Waals surface area (Å²) in [6.07, 6.45) is 0. The summed E-state index contributed by atoms with van der Waals surface area (Å²) in [5, 5.41) is 9.93. The minimum atomic E-state index is -0.224. The zero-order valence-electron chi connectivity index (χ0n) is 30.6. The van der Waals surface area contributed by atoms with Crippen LogP contribution in [0.2, 0.25) is 0 Å². The second kappa shape index (κ2) is 11.1. The van der Waals surface area contributed by atoms with Gasteiger partial charge in [0.2, 0.25) is 0 Å². The minimum absolute atomic E-state index is 0.224. The van der Waals surface area contributed by atoms with Crippen LogP contribution in [0.25, 0.3) is 104 Å². The molecule has 0 amide bonds. The van der Waals surface area contributed by atoms with E-state index in [4.69, 9.17) is 4.42 Å². The van der Waals surface area contributed by atoms with E-state index in [1.807, 2.05) is 0 Å². The Morgan fingerprint density at radius 3 is 1.62 bits per heavy atom. The largest absolute Gasteiger partial charge is 0.456 e. The Balaban J connectivity index is 1.08. The summed E-state index contributed by atoms with van der Waals surface area (Å²) in [7, 11) is 0. The molecule has 2 aromatic heterocycles. The van der Waals surface area contributed by atoms with Crippen molar-refractivity contribution in [3.63, 3.8) is 0 Å². The predicted octanol–water partition coefficient (Wildman–Crippen LogP) is 14.6. The summed E-state index contributed by atoms with van der Waals surface area (Å²) < 4.78 is 8.84. The smallest absolute Gasteiger partial charge is 0.135 e. The number of fused-ring (bicyclic) bond motifs is 12. The first-order chi connectivity index (χ1) is 27.0. The second-order valence-electron chi connectivity index (χ2n) is 15.7. The third-order valence-corrected chi connectivity index (χ3v) is 12.3. The van der Waals surface area contributed by atoms with Crippen LogP contribution in [0.3, 0.4) is 0 Å². The van der Waals surface area contributed by atoms with Crippen molar-refractivity contribution >= 4 is 65.3 Å². The number of hydrogen-bond acceptors (Lipinski definition) is 1. The molecule has 0 fully saturated rings. The Morgan fingerprint density at radius 2 is 0.964 bits per heavy atom. The average molecular weight is 702 g/mol. The van der Waals surface area contributed by atoms with Crippen LogP contribution in [0.4, 0.5) is 0 Å². The standard InChI is InChI=1S/C53H35NO/c1-53(2)46-31-40(21-22-41(46)42-23-26-50-51(52(42)53)43-13-7-8-14-49(43)55-50)54-47-24-19-38(36-17-15-32-9-3-5-11-34(32)27-36)29-44(47)45-30-39(20-25-48(45)54)37-18-16-33-10-4-6-12-35(33)28-37/h3-31H,1-2H3. The van der Waals surface area contributed by atoms with Crippen LogP contribution in [-0.4, -0.2) is 4.57 Å². The minimum Gasteiger partial charge on any atom is -0.456 e. The summed E-state index contributed by atoms with van der Waals surface area (Å²) >= 11 is 0. The molecule has 2 nitrogen and oxygen atoms in total. The highest BCUT2D eigenvalue weighted by Gasteiger charge is 2.38. The van der Waals surface area contributed by atoms with Gasteiger partial charge in [0, 0.05) is 32.6 Å². The molecule has 11 aromatic rings. The van der Waals surface area contributed by atoms with E-state index in [2.05, 4.69) is 194 Å². The molecule has 0 unspecified atom stereocenters. The van der Waals surface area contributed by atoms with E-state index in [1.54, 1.807) is 0 Å². The average Bonchev–Trinajstić information content (AvgIpc) is 3.84. The molecule has 1 aliphatic carbocycles. The molecule has 12 rings (SSSR count). The van der Waals surface area contributed by atoms with Crippen molar-refractivity contribution in [2.75, 3.05) is 0 Å². The fraction of sp³-hybridized carbons (Fsp3) is 0.0566. The SMILES string of the molecule is CC1(C)c2cc(-n3c4ccc(-c5ccc6ccccc6c5)cc4c4cc(-c5ccc6ccccc6c5)ccc43)ccc2-c2ccc3oc4ccccc4c3c21. The van der Waals surface area contributed by atoms with Crippen LogP contribution in [0, 0.1) is 0 Å². The Hall–Kier alpha value is -6.90. The van der Waals surface area contributed by atoms with Crippen LogP contribution in [0.15, 0.2) is 180 Å². The van der Waals surface area contributed by atoms with Gasteiger partial charge in [0.25, 0.3) is 0 Å². The molecule has 0 saturated carbocycles. The van der Waals surface area contributed by atoms with Crippen molar-refractivity contribution in [2.24, 2.45) is 0 Å². The molecule has 0 bridgehead atoms. The highest BCUT2D eigenvalue weighted by molar-refractivity contribution is 6.13. The highest BCUT2D eigenvalue weighted by Crippen LogP contribution is 2.53. The van der Waals surface area contributed by atoms with E-state index >= 15 is 0 Å². The van der Waals surface area contributed by atoms with Gasteiger partial charge in [0.05, 0.1) is 11.0 Å². The molecule has 0 radical (unpaired) electrons. The van der Waals surface area contributed by atoms with Crippen molar-refractivity contribution in [3.05, 3.63) is 187 Å². The normalized spacial score (nSPS) is 13.4. The number of aromatic nitrogens is 1. The molecule has 0 aliphatic heterocycles. The van der Waals surface area contributed by atoms with Gasteiger partial charge in [0.1, 0.15) is 11.2 Å². The lowest BCUT2D eigenvalue weighted by atomic mass is 9.80. The first-order valence-electron chi connectivity index (χ1n) is 19.2. The monoisotopic (exact) mass is 701 g/mol. The van der Waals surface area contributed by atoms with Crippen LogP contribution in [0.5, 0.6) is 0 Å². The van der Waals surface area contributed by atoms with E-state index in [1.165, 1.54) is 104 Å². The number of benzene rings is 9. The molecule has 55 heavy (non-hydrogen) atoms. The Kier molecular flexibility index (Phi) is 6.15. The van der Waals surface area contributed by atoms with Gasteiger partial charge in [-0.1, -0.05) is 129 Å². The second-order valence-corrected chi connectivity index (χ2v) is 15.7. The van der Waals surface area contributed by atoms with Gasteiger partial charge in [-0.3, -0.25) is 0 Å². The molecule has 0 N–H and O–H groups in total. The maximum Gasteiger partial charge on any atom is 0.135 e. The Bertz CT molecular complexity index is 3270. The van der Waals surface area contributed by atoms with E-state index in [0.29, 0.717) is 0 Å². The van der Waals surface area contributed by atoms with E-state index < -0.39 is 0 Å². The van der Waals surface area contributed by atoms with Crippen LogP contribution in [-0.2, 0) is 5.41 Å². The lowest BCUT2D eigenvalue weighted by molar-refractivity contribution is 0.656. The topological polar surface area (TPSA) is 18.1 Å². The van der Waals surface area contributed by atoms with Crippen molar-refractivity contribution in [3.8, 4) is 39.1 Å². The van der Waals surface area contributed by atoms with Gasteiger partial charge in [-0.05, 0) is 127 Å². The van der Waals surface area contributed by atoms with E-state index in [-0.39, 0.29) is 5.41 Å². The summed E-state index contributed by atoms with van der Waals surface area (Å²) in [5.74, 6) is 0. The van der Waals surface area contributed by atoms with Crippen molar-refractivity contribution in [2.45, 2.75) is 19.3 Å². The molecule has 2 heteroatoms. The van der Waals surface area contributed by atoms with Gasteiger partial charge in [-0.2, -0.15) is 0 Å². The van der Waals surface area contributed by atoms with Gasteiger partial charge in [0.15, 0.2) is 0 Å². The van der Waals surface area contributed by atoms with Crippen molar-refractivity contribution < 1.29 is 4.42 Å². The quantitative estimate of drug-likeness (QED) is 0.179. The molecule has 2 heterocycles. The number of rotatable bonds is 3. The maximum atomic E-state index is 6.37. The highest BCUT2D eigenvalue weighted by atomic mass is 16.3. The third-order valence-electron chi connectivity index (χ3n) is 12.3. The van der Waals surface area contributed by atoms with E-state index in [9.17, 15) is 0 Å². The van der Waals surface area contributed by atoms with Crippen molar-refractivity contribution in [1.82, 2.24) is 4.57 Å². The van der Waals surface area contributed by atoms with E-state index in [0.717, 1.165) is 11.2 Å². The zero-order valence-corrected chi connectivity index (χ0v) is 30.6. The fourth-order valence-corrected chi connectivity index (χ4v) is 9.65. The molecular weight excluding hydrogens is 667 g/mol. The lowest BCUT2D eigenvalue weighted by Crippen LogP contribution is -2.15. The van der Waals surface area contributed by atoms with Crippen LogP contribution < -0.4 is 0 Å². The fourth-order valence-electron chi connectivity index (χ4n) is 9.65. The number of nitrogens with zero attached hydrogens (tertiary/aromatic N) is 1. The van der Waals surface area contributed by atoms with Gasteiger partial charge in [-0.25, -0.2) is 0 Å². The summed E-state index contributed by atoms with van der Waals surface area (Å²) in [4.78, 5) is 0. The molecule has 9 aromatic carbocycles. The van der Waals surface area contributed by atoms with Gasteiger partial charge >= 0.3 is 0 Å². The molecule has 0 atom stereocenters. The molecule has 258 valence electrons. The number of hydrogen-bond donors (Lipinski definition) is 0. The Morgan fingerprint density at radius 1 is 0.418 bits per heavy atom. The lowest BCUT2D eigenvalue weighted by Gasteiger charge is -2.23. The summed E-state index contributed by atoms with van der Waals surface area (Å²) in [6, 6.07) is 64.8. The summed E-state index contributed by atoms with van der Waals surface area (Å²) in [6.45, 7) is 4.75. The zero-order chi connectivity index (χ0) is 36.4. The van der Waals surface area contributed by atoms with Crippen molar-refractivity contribution in [1.29, 1.82) is 0 Å². The maximum absolute atomic E-state index is 6.37. The van der Waals surface area contributed by atoms with Gasteiger partial charge in [-0.15, -0.1) is 0 Å². The molecule has 0 spiro atoms. The van der Waals surface area contributed by atoms with Gasteiger partial charge < -0.3 is 8.98 Å². The first kappa shape index (κ1) is 30.6. The number of furan rings is 1. The third kappa shape index (κ3) is 4.37. The predicted molar refractivity (Wildman–Crippen MR) is 232 cm³/mol.